The van der Waals surface area contributed by atoms with Gasteiger partial charge in [-0.25, -0.2) is 4.72 Å². The standard InChI is InChI=1S/C5H7NOS2/c1-6-9-7-5-3-2-4-8-5/h2-4,6H,1H3. The summed E-state index contributed by atoms with van der Waals surface area (Å²) in [6.45, 7) is 0. The second-order valence-corrected chi connectivity index (χ2v) is 2.95. The summed E-state index contributed by atoms with van der Waals surface area (Å²) in [5.41, 5.74) is 0. The van der Waals surface area contributed by atoms with Crippen LogP contribution in [0.2, 0.25) is 0 Å². The summed E-state index contributed by atoms with van der Waals surface area (Å²) in [6.07, 6.45) is 0. The lowest BCUT2D eigenvalue weighted by Crippen LogP contribution is -1.93. The fourth-order valence-corrected chi connectivity index (χ4v) is 1.32. The Hall–Kier alpha value is -0.190. The van der Waals surface area contributed by atoms with E-state index in [2.05, 4.69) is 4.72 Å². The second kappa shape index (κ2) is 3.76. The van der Waals surface area contributed by atoms with Gasteiger partial charge in [-0.05, 0) is 24.6 Å². The zero-order chi connectivity index (χ0) is 6.53. The Labute approximate surface area is 62.6 Å². The van der Waals surface area contributed by atoms with Gasteiger partial charge >= 0.3 is 0 Å². The number of thiophene rings is 1. The van der Waals surface area contributed by atoms with E-state index in [9.17, 15) is 0 Å². The maximum Gasteiger partial charge on any atom is 0.192 e. The molecule has 1 rings (SSSR count). The van der Waals surface area contributed by atoms with E-state index in [4.69, 9.17) is 4.18 Å². The molecule has 0 atom stereocenters. The Morgan fingerprint density at radius 2 is 2.67 bits per heavy atom. The molecule has 0 aromatic carbocycles. The molecule has 1 N–H and O–H groups in total. The monoisotopic (exact) mass is 161 g/mol. The summed E-state index contributed by atoms with van der Waals surface area (Å²) >= 11 is 2.81. The van der Waals surface area contributed by atoms with Gasteiger partial charge in [-0.3, -0.25) is 0 Å². The minimum Gasteiger partial charge on any atom is -0.399 e. The van der Waals surface area contributed by atoms with Crippen LogP contribution in [0.25, 0.3) is 0 Å². The lowest BCUT2D eigenvalue weighted by molar-refractivity contribution is 0.659. The Bertz CT molecular complexity index is 152. The summed E-state index contributed by atoms with van der Waals surface area (Å²) < 4.78 is 7.93. The number of hydrogen-bond acceptors (Lipinski definition) is 4. The van der Waals surface area contributed by atoms with E-state index in [0.29, 0.717) is 0 Å². The fraction of sp³-hybridized carbons (Fsp3) is 0.200. The third-order valence-electron chi connectivity index (χ3n) is 0.702. The molecule has 0 fully saturated rings. The molecular formula is C5H7NOS2. The van der Waals surface area contributed by atoms with Crippen LogP contribution in [0, 0.1) is 0 Å². The largest absolute Gasteiger partial charge is 0.399 e. The van der Waals surface area contributed by atoms with Crippen molar-refractivity contribution in [3.63, 3.8) is 0 Å². The summed E-state index contributed by atoms with van der Waals surface area (Å²) in [5.74, 6) is 0. The highest BCUT2D eigenvalue weighted by molar-refractivity contribution is 7.93. The zero-order valence-electron chi connectivity index (χ0n) is 4.96. The molecule has 1 aromatic rings. The summed E-state index contributed by atoms with van der Waals surface area (Å²) in [4.78, 5) is 0. The topological polar surface area (TPSA) is 21.3 Å². The predicted molar refractivity (Wildman–Crippen MR) is 41.6 cm³/mol. The van der Waals surface area contributed by atoms with Crippen LogP contribution in [0.3, 0.4) is 0 Å². The quantitative estimate of drug-likeness (QED) is 0.540. The van der Waals surface area contributed by atoms with Gasteiger partial charge in [-0.15, -0.1) is 11.3 Å². The van der Waals surface area contributed by atoms with Crippen LogP contribution in [0.1, 0.15) is 0 Å². The molecule has 1 heterocycles. The fourth-order valence-electron chi connectivity index (χ4n) is 0.394. The van der Waals surface area contributed by atoms with Crippen molar-refractivity contribution in [2.45, 2.75) is 0 Å². The van der Waals surface area contributed by atoms with Crippen LogP contribution in [0.15, 0.2) is 17.5 Å². The van der Waals surface area contributed by atoms with E-state index in [1.54, 1.807) is 11.3 Å². The molecule has 0 saturated carbocycles. The van der Waals surface area contributed by atoms with Crippen molar-refractivity contribution in [3.8, 4) is 5.06 Å². The van der Waals surface area contributed by atoms with Crippen LogP contribution >= 0.6 is 23.6 Å². The smallest absolute Gasteiger partial charge is 0.192 e. The Morgan fingerprint density at radius 1 is 1.78 bits per heavy atom. The molecule has 0 aliphatic carbocycles. The first-order chi connectivity index (χ1) is 4.43. The van der Waals surface area contributed by atoms with E-state index in [1.165, 1.54) is 12.2 Å². The van der Waals surface area contributed by atoms with Crippen LogP contribution in [-0.2, 0) is 0 Å². The third-order valence-corrected chi connectivity index (χ3v) is 1.98. The molecule has 0 unspecified atom stereocenters. The number of hydrogen-bond donors (Lipinski definition) is 1. The van der Waals surface area contributed by atoms with E-state index in [-0.39, 0.29) is 0 Å². The normalized spacial score (nSPS) is 9.44. The molecule has 0 bridgehead atoms. The molecule has 0 amide bonds. The number of nitrogens with one attached hydrogen (secondary N) is 1. The number of rotatable bonds is 3. The highest BCUT2D eigenvalue weighted by atomic mass is 32.2. The van der Waals surface area contributed by atoms with Gasteiger partial charge in [-0.2, -0.15) is 0 Å². The van der Waals surface area contributed by atoms with Crippen molar-refractivity contribution in [1.29, 1.82) is 0 Å². The molecule has 0 spiro atoms. The highest BCUT2D eigenvalue weighted by Gasteiger charge is 1.90. The first-order valence-electron chi connectivity index (χ1n) is 2.47. The molecule has 0 aliphatic heterocycles. The third kappa shape index (κ3) is 2.26. The summed E-state index contributed by atoms with van der Waals surface area (Å²) in [6, 6.07) is 3.88. The van der Waals surface area contributed by atoms with Crippen molar-refractivity contribution in [2.75, 3.05) is 7.05 Å². The maximum absolute atomic E-state index is 5.12. The van der Waals surface area contributed by atoms with Gasteiger partial charge in [0.25, 0.3) is 0 Å². The lowest BCUT2D eigenvalue weighted by atomic mass is 10.7. The molecule has 2 nitrogen and oxygen atoms in total. The molecule has 1 aromatic heterocycles. The van der Waals surface area contributed by atoms with Crippen molar-refractivity contribution >= 4 is 23.6 Å². The first-order valence-corrected chi connectivity index (χ1v) is 4.09. The predicted octanol–water partition coefficient (Wildman–Crippen LogP) is 1.91. The van der Waals surface area contributed by atoms with Gasteiger partial charge in [0.15, 0.2) is 5.06 Å². The molecule has 50 valence electrons. The molecule has 9 heavy (non-hydrogen) atoms. The molecule has 0 radical (unpaired) electrons. The van der Waals surface area contributed by atoms with Crippen LogP contribution in [-0.4, -0.2) is 7.05 Å². The molecule has 0 aliphatic rings. The van der Waals surface area contributed by atoms with E-state index < -0.39 is 0 Å². The average Bonchev–Trinajstić information content (AvgIpc) is 2.34. The van der Waals surface area contributed by atoms with Gasteiger partial charge in [0.05, 0.1) is 0 Å². The first kappa shape index (κ1) is 6.92. The Balaban J connectivity index is 2.30. The lowest BCUT2D eigenvalue weighted by Gasteiger charge is -1.95. The van der Waals surface area contributed by atoms with Crippen LogP contribution in [0.5, 0.6) is 5.06 Å². The van der Waals surface area contributed by atoms with Crippen molar-refractivity contribution in [2.24, 2.45) is 0 Å². The molecular weight excluding hydrogens is 154 g/mol. The van der Waals surface area contributed by atoms with E-state index in [0.717, 1.165) is 5.06 Å². The van der Waals surface area contributed by atoms with Gasteiger partial charge in [0.2, 0.25) is 0 Å². The van der Waals surface area contributed by atoms with Gasteiger partial charge in [0.1, 0.15) is 12.2 Å². The Kier molecular flexibility index (Phi) is 2.90. The van der Waals surface area contributed by atoms with Crippen molar-refractivity contribution in [3.05, 3.63) is 17.5 Å². The maximum atomic E-state index is 5.12. The van der Waals surface area contributed by atoms with E-state index in [1.807, 2.05) is 24.6 Å². The van der Waals surface area contributed by atoms with Gasteiger partial charge in [0, 0.05) is 0 Å². The minimum absolute atomic E-state index is 0.925. The molecule has 0 saturated heterocycles. The molecule has 4 heteroatoms. The average molecular weight is 161 g/mol. The second-order valence-electron chi connectivity index (χ2n) is 1.30. The Morgan fingerprint density at radius 3 is 3.22 bits per heavy atom. The minimum atomic E-state index is 0.925. The summed E-state index contributed by atoms with van der Waals surface area (Å²) in [5, 5.41) is 2.90. The SMILES string of the molecule is CNSOc1cccs1. The highest BCUT2D eigenvalue weighted by Crippen LogP contribution is 2.20. The van der Waals surface area contributed by atoms with Crippen molar-refractivity contribution < 1.29 is 4.18 Å². The van der Waals surface area contributed by atoms with E-state index >= 15 is 0 Å². The van der Waals surface area contributed by atoms with Crippen molar-refractivity contribution in [1.82, 2.24) is 4.72 Å². The van der Waals surface area contributed by atoms with Crippen LogP contribution in [0.4, 0.5) is 0 Å². The van der Waals surface area contributed by atoms with Gasteiger partial charge in [-0.1, -0.05) is 0 Å². The summed E-state index contributed by atoms with van der Waals surface area (Å²) in [7, 11) is 1.82. The van der Waals surface area contributed by atoms with Crippen LogP contribution < -0.4 is 8.91 Å². The van der Waals surface area contributed by atoms with Gasteiger partial charge < -0.3 is 4.18 Å². The zero-order valence-corrected chi connectivity index (χ0v) is 6.59.